The Balaban J connectivity index is 1.81. The minimum absolute atomic E-state index is 0.348. The molecule has 0 bridgehead atoms. The van der Waals surface area contributed by atoms with E-state index in [1.54, 1.807) is 11.3 Å². The van der Waals surface area contributed by atoms with Gasteiger partial charge >= 0.3 is 0 Å². The van der Waals surface area contributed by atoms with E-state index in [1.165, 1.54) is 18.5 Å². The highest BCUT2D eigenvalue weighted by Gasteiger charge is 2.25. The average molecular weight is 308 g/mol. The fourth-order valence-electron chi connectivity index (χ4n) is 2.96. The molecule has 1 aliphatic rings. The highest BCUT2D eigenvalue weighted by molar-refractivity contribution is 7.15. The van der Waals surface area contributed by atoms with Crippen LogP contribution >= 0.6 is 11.3 Å². The zero-order chi connectivity index (χ0) is 14.7. The van der Waals surface area contributed by atoms with Crippen LogP contribution in [0.5, 0.6) is 0 Å². The van der Waals surface area contributed by atoms with Crippen LogP contribution < -0.4 is 10.2 Å². The second kappa shape index (κ2) is 6.77. The highest BCUT2D eigenvalue weighted by Crippen LogP contribution is 2.27. The van der Waals surface area contributed by atoms with Gasteiger partial charge in [0.15, 0.2) is 10.8 Å². The van der Waals surface area contributed by atoms with Crippen LogP contribution in [-0.4, -0.2) is 42.2 Å². The third kappa shape index (κ3) is 3.07. The molecule has 116 valence electrons. The second-order valence-electron chi connectivity index (χ2n) is 5.55. The van der Waals surface area contributed by atoms with Gasteiger partial charge in [-0.3, -0.25) is 4.40 Å². The van der Waals surface area contributed by atoms with Crippen LogP contribution in [0.4, 0.5) is 5.82 Å². The van der Waals surface area contributed by atoms with E-state index in [4.69, 9.17) is 9.72 Å². The van der Waals surface area contributed by atoms with Crippen LogP contribution in [0, 0.1) is 0 Å². The van der Waals surface area contributed by atoms with Gasteiger partial charge in [0.1, 0.15) is 0 Å². The standard InChI is InChI=1S/C15H24N4OS/c1-3-8-20-12-5-4-6-18(11-12)14-13(10-16-2)19-7-9-21-15(19)17-14/h7,9,12,16H,3-6,8,10-11H2,1-2H3. The summed E-state index contributed by atoms with van der Waals surface area (Å²) < 4.78 is 8.15. The maximum Gasteiger partial charge on any atom is 0.195 e. The Hall–Kier alpha value is -1.11. The van der Waals surface area contributed by atoms with Crippen molar-refractivity contribution in [2.75, 3.05) is 31.6 Å². The molecule has 1 fully saturated rings. The molecule has 0 aromatic carbocycles. The number of thiazole rings is 1. The van der Waals surface area contributed by atoms with Crippen LogP contribution in [0.1, 0.15) is 31.9 Å². The third-order valence-corrected chi connectivity index (χ3v) is 4.68. The number of nitrogens with zero attached hydrogens (tertiary/aromatic N) is 3. The maximum atomic E-state index is 5.95. The van der Waals surface area contributed by atoms with E-state index in [1.807, 2.05) is 7.05 Å². The van der Waals surface area contributed by atoms with Gasteiger partial charge in [0.25, 0.3) is 0 Å². The van der Waals surface area contributed by atoms with Crippen LogP contribution in [0.2, 0.25) is 0 Å². The van der Waals surface area contributed by atoms with Crippen LogP contribution in [0.15, 0.2) is 11.6 Å². The number of imidazole rings is 1. The predicted octanol–water partition coefficient (Wildman–Crippen LogP) is 2.51. The minimum Gasteiger partial charge on any atom is -0.376 e. The fraction of sp³-hybridized carbons (Fsp3) is 0.667. The molecular weight excluding hydrogens is 284 g/mol. The first kappa shape index (κ1) is 14.8. The number of nitrogens with one attached hydrogen (secondary N) is 1. The first-order chi connectivity index (χ1) is 10.3. The molecule has 0 radical (unpaired) electrons. The molecule has 1 aliphatic heterocycles. The lowest BCUT2D eigenvalue weighted by Crippen LogP contribution is -2.40. The molecule has 3 heterocycles. The van der Waals surface area contributed by atoms with Crippen molar-refractivity contribution in [3.63, 3.8) is 0 Å². The number of ether oxygens (including phenoxy) is 1. The average Bonchev–Trinajstić information content (AvgIpc) is 3.08. The minimum atomic E-state index is 0.348. The Morgan fingerprint density at radius 1 is 1.52 bits per heavy atom. The largest absolute Gasteiger partial charge is 0.376 e. The lowest BCUT2D eigenvalue weighted by Gasteiger charge is -2.33. The summed E-state index contributed by atoms with van der Waals surface area (Å²) in [6.07, 6.45) is 5.89. The number of piperidine rings is 1. The first-order valence-corrected chi connectivity index (χ1v) is 8.67. The summed E-state index contributed by atoms with van der Waals surface area (Å²) in [5.41, 5.74) is 1.25. The van der Waals surface area contributed by atoms with Gasteiger partial charge in [0.05, 0.1) is 11.8 Å². The monoisotopic (exact) mass is 308 g/mol. The van der Waals surface area contributed by atoms with Crippen molar-refractivity contribution in [2.24, 2.45) is 0 Å². The van der Waals surface area contributed by atoms with E-state index in [0.717, 1.165) is 43.4 Å². The number of aromatic nitrogens is 2. The zero-order valence-corrected chi connectivity index (χ0v) is 13.7. The summed E-state index contributed by atoms with van der Waals surface area (Å²) in [6.45, 7) is 5.90. The smallest absolute Gasteiger partial charge is 0.195 e. The van der Waals surface area contributed by atoms with Gasteiger partial charge in [-0.2, -0.15) is 0 Å². The van der Waals surface area contributed by atoms with Gasteiger partial charge < -0.3 is 15.0 Å². The van der Waals surface area contributed by atoms with Gasteiger partial charge in [-0.25, -0.2) is 4.98 Å². The van der Waals surface area contributed by atoms with Crippen LogP contribution in [0.3, 0.4) is 0 Å². The molecule has 2 aromatic heterocycles. The Morgan fingerprint density at radius 2 is 2.43 bits per heavy atom. The van der Waals surface area contributed by atoms with E-state index in [-0.39, 0.29) is 0 Å². The van der Waals surface area contributed by atoms with Crippen molar-refractivity contribution in [1.82, 2.24) is 14.7 Å². The number of hydrogen-bond donors (Lipinski definition) is 1. The van der Waals surface area contributed by atoms with Crippen molar-refractivity contribution in [3.8, 4) is 0 Å². The molecule has 1 unspecified atom stereocenters. The SMILES string of the molecule is CCCOC1CCCN(c2nc3sccn3c2CNC)C1. The maximum absolute atomic E-state index is 5.95. The summed E-state index contributed by atoms with van der Waals surface area (Å²) in [7, 11) is 1.99. The summed E-state index contributed by atoms with van der Waals surface area (Å²) in [5.74, 6) is 1.13. The second-order valence-corrected chi connectivity index (χ2v) is 6.42. The molecule has 0 spiro atoms. The van der Waals surface area contributed by atoms with Gasteiger partial charge in [-0.05, 0) is 26.3 Å². The van der Waals surface area contributed by atoms with E-state index < -0.39 is 0 Å². The van der Waals surface area contributed by atoms with Crippen molar-refractivity contribution < 1.29 is 4.74 Å². The molecule has 0 saturated carbocycles. The van der Waals surface area contributed by atoms with Crippen LogP contribution in [0.25, 0.3) is 4.96 Å². The summed E-state index contributed by atoms with van der Waals surface area (Å²) in [4.78, 5) is 8.32. The lowest BCUT2D eigenvalue weighted by atomic mass is 10.1. The van der Waals surface area contributed by atoms with Crippen molar-refractivity contribution in [1.29, 1.82) is 0 Å². The van der Waals surface area contributed by atoms with Gasteiger partial charge in [-0.1, -0.05) is 6.92 Å². The van der Waals surface area contributed by atoms with Crippen molar-refractivity contribution in [2.45, 2.75) is 38.8 Å². The summed E-state index contributed by atoms with van der Waals surface area (Å²) in [6, 6.07) is 0. The molecule has 21 heavy (non-hydrogen) atoms. The number of anilines is 1. The van der Waals surface area contributed by atoms with Gasteiger partial charge in [0, 0.05) is 37.8 Å². The predicted molar refractivity (Wildman–Crippen MR) is 87.3 cm³/mol. The molecule has 1 saturated heterocycles. The molecule has 6 heteroatoms. The first-order valence-electron chi connectivity index (χ1n) is 7.79. The highest BCUT2D eigenvalue weighted by atomic mass is 32.1. The number of fused-ring (bicyclic) bond motifs is 1. The Bertz CT molecular complexity index is 579. The zero-order valence-electron chi connectivity index (χ0n) is 12.8. The van der Waals surface area contributed by atoms with E-state index >= 15 is 0 Å². The normalized spacial score (nSPS) is 19.5. The van der Waals surface area contributed by atoms with Crippen LogP contribution in [-0.2, 0) is 11.3 Å². The topological polar surface area (TPSA) is 41.8 Å². The molecule has 3 rings (SSSR count). The molecule has 2 aromatic rings. The van der Waals surface area contributed by atoms with Crippen molar-refractivity contribution >= 4 is 22.1 Å². The third-order valence-electron chi connectivity index (χ3n) is 3.92. The van der Waals surface area contributed by atoms with Gasteiger partial charge in [-0.15, -0.1) is 11.3 Å². The summed E-state index contributed by atoms with van der Waals surface area (Å²) >= 11 is 1.69. The Kier molecular flexibility index (Phi) is 4.77. The molecule has 1 atom stereocenters. The van der Waals surface area contributed by atoms with Gasteiger partial charge in [0.2, 0.25) is 0 Å². The number of hydrogen-bond acceptors (Lipinski definition) is 5. The Labute approximate surface area is 129 Å². The molecule has 0 aliphatic carbocycles. The number of rotatable bonds is 6. The molecular formula is C15H24N4OS. The molecule has 1 N–H and O–H groups in total. The fourth-order valence-corrected chi connectivity index (χ4v) is 3.69. The summed E-state index contributed by atoms with van der Waals surface area (Å²) in [5, 5.41) is 5.35. The van der Waals surface area contributed by atoms with Crippen molar-refractivity contribution in [3.05, 3.63) is 17.3 Å². The molecule has 5 nitrogen and oxygen atoms in total. The lowest BCUT2D eigenvalue weighted by molar-refractivity contribution is 0.0439. The van der Waals surface area contributed by atoms with E-state index in [0.29, 0.717) is 6.10 Å². The van der Waals surface area contributed by atoms with E-state index in [9.17, 15) is 0 Å². The van der Waals surface area contributed by atoms with E-state index in [2.05, 4.69) is 33.1 Å². The molecule has 0 amide bonds. The Morgan fingerprint density at radius 3 is 3.24 bits per heavy atom. The quantitative estimate of drug-likeness (QED) is 0.890.